The van der Waals surface area contributed by atoms with Crippen LogP contribution in [0.4, 0.5) is 4.79 Å². The van der Waals surface area contributed by atoms with Crippen molar-refractivity contribution in [2.24, 2.45) is 0 Å². The summed E-state index contributed by atoms with van der Waals surface area (Å²) in [6.45, 7) is 8.98. The Balaban J connectivity index is 1.89. The molecule has 3 N–H and O–H groups in total. The van der Waals surface area contributed by atoms with Gasteiger partial charge in [-0.2, -0.15) is 0 Å². The summed E-state index contributed by atoms with van der Waals surface area (Å²) in [6, 6.07) is 7.21. The highest BCUT2D eigenvalue weighted by Gasteiger charge is 2.38. The van der Waals surface area contributed by atoms with Gasteiger partial charge in [0, 0.05) is 24.8 Å². The van der Waals surface area contributed by atoms with Crippen molar-refractivity contribution in [1.29, 1.82) is 0 Å². The van der Waals surface area contributed by atoms with E-state index in [9.17, 15) is 9.59 Å². The van der Waals surface area contributed by atoms with Gasteiger partial charge >= 0.3 is 6.03 Å². The van der Waals surface area contributed by atoms with Crippen LogP contribution in [-0.2, 0) is 11.3 Å². The third-order valence-corrected chi connectivity index (χ3v) is 4.92. The van der Waals surface area contributed by atoms with Crippen LogP contribution in [0.25, 0.3) is 0 Å². The molecule has 25 heavy (non-hydrogen) atoms. The van der Waals surface area contributed by atoms with Crippen molar-refractivity contribution in [3.63, 3.8) is 0 Å². The zero-order chi connectivity index (χ0) is 18.4. The summed E-state index contributed by atoms with van der Waals surface area (Å²) in [7, 11) is 0. The van der Waals surface area contributed by atoms with E-state index in [1.165, 1.54) is 0 Å². The van der Waals surface area contributed by atoms with Gasteiger partial charge in [-0.3, -0.25) is 4.79 Å². The monoisotopic (exact) mass is 347 g/mol. The number of rotatable bonds is 6. The highest BCUT2D eigenvalue weighted by Crippen LogP contribution is 2.24. The molecule has 0 aromatic heterocycles. The molecule has 0 saturated carbocycles. The topological polar surface area (TPSA) is 79.5 Å². The number of carbonyl (C=O) groups is 2. The lowest BCUT2D eigenvalue weighted by atomic mass is 9.95. The van der Waals surface area contributed by atoms with Gasteiger partial charge < -0.3 is 20.7 Å². The van der Waals surface area contributed by atoms with E-state index in [0.29, 0.717) is 18.7 Å². The quantitative estimate of drug-likeness (QED) is 0.740. The third-order valence-electron chi connectivity index (χ3n) is 4.92. The van der Waals surface area contributed by atoms with Gasteiger partial charge in [-0.15, -0.1) is 0 Å². The average Bonchev–Trinajstić information content (AvgIpc) is 2.91. The number of ether oxygens (including phenoxy) is 1. The molecule has 2 rings (SSSR count). The van der Waals surface area contributed by atoms with Gasteiger partial charge in [-0.1, -0.05) is 19.1 Å². The van der Waals surface area contributed by atoms with Crippen molar-refractivity contribution in [3.8, 4) is 0 Å². The predicted octanol–water partition coefficient (Wildman–Crippen LogP) is 2.58. The van der Waals surface area contributed by atoms with E-state index in [4.69, 9.17) is 4.74 Å². The molecule has 1 aromatic carbocycles. The molecule has 1 heterocycles. The summed E-state index contributed by atoms with van der Waals surface area (Å²) in [5, 5.41) is 8.79. The SMILES string of the molecule is CC[C@H](C)NC(=O)c1cccc(CNC(=O)N[C@]2(C)CCO[C@@H]2C)c1. The van der Waals surface area contributed by atoms with Crippen LogP contribution < -0.4 is 16.0 Å². The molecule has 138 valence electrons. The first-order valence-corrected chi connectivity index (χ1v) is 8.91. The Morgan fingerprint density at radius 2 is 2.16 bits per heavy atom. The molecule has 6 nitrogen and oxygen atoms in total. The van der Waals surface area contributed by atoms with E-state index in [1.807, 2.05) is 39.8 Å². The van der Waals surface area contributed by atoms with Crippen LogP contribution in [-0.4, -0.2) is 36.2 Å². The number of urea groups is 1. The summed E-state index contributed by atoms with van der Waals surface area (Å²) in [5.74, 6) is -0.0925. The number of benzene rings is 1. The second-order valence-electron chi connectivity index (χ2n) is 6.97. The van der Waals surface area contributed by atoms with Crippen LogP contribution in [0.2, 0.25) is 0 Å². The molecule has 3 amide bonds. The van der Waals surface area contributed by atoms with E-state index in [1.54, 1.807) is 12.1 Å². The molecule has 1 aliphatic heterocycles. The normalized spacial score (nSPS) is 23.8. The van der Waals surface area contributed by atoms with E-state index >= 15 is 0 Å². The van der Waals surface area contributed by atoms with E-state index in [-0.39, 0.29) is 29.6 Å². The molecule has 1 saturated heterocycles. The summed E-state index contributed by atoms with van der Waals surface area (Å²) < 4.78 is 5.53. The minimum absolute atomic E-state index is 0.00849. The lowest BCUT2D eigenvalue weighted by molar-refractivity contribution is 0.0911. The minimum atomic E-state index is -0.345. The van der Waals surface area contributed by atoms with Crippen LogP contribution in [0.1, 0.15) is 56.5 Å². The third kappa shape index (κ3) is 5.19. The molecule has 1 aliphatic rings. The first-order valence-electron chi connectivity index (χ1n) is 8.91. The zero-order valence-corrected chi connectivity index (χ0v) is 15.5. The van der Waals surface area contributed by atoms with Gasteiger partial charge in [0.15, 0.2) is 0 Å². The Morgan fingerprint density at radius 1 is 1.40 bits per heavy atom. The maximum Gasteiger partial charge on any atom is 0.315 e. The first kappa shape index (κ1) is 19.2. The van der Waals surface area contributed by atoms with Crippen LogP contribution >= 0.6 is 0 Å². The lowest BCUT2D eigenvalue weighted by Gasteiger charge is -2.28. The number of carbonyl (C=O) groups excluding carboxylic acids is 2. The van der Waals surface area contributed by atoms with Crippen LogP contribution in [0.15, 0.2) is 24.3 Å². The molecule has 0 radical (unpaired) electrons. The zero-order valence-electron chi connectivity index (χ0n) is 15.5. The molecular formula is C19H29N3O3. The molecule has 1 fully saturated rings. The summed E-state index contributed by atoms with van der Waals surface area (Å²) in [5.41, 5.74) is 1.14. The molecular weight excluding hydrogens is 318 g/mol. The molecule has 0 bridgehead atoms. The standard InChI is InChI=1S/C19H29N3O3/c1-5-13(2)21-17(23)16-8-6-7-15(11-16)12-20-18(24)22-19(4)9-10-25-14(19)3/h6-8,11,13-14H,5,9-10,12H2,1-4H3,(H,21,23)(H2,20,22,24)/t13-,14+,19+/m0/s1. The maximum absolute atomic E-state index is 12.2. The molecule has 0 aliphatic carbocycles. The predicted molar refractivity (Wildman–Crippen MR) is 97.5 cm³/mol. The van der Waals surface area contributed by atoms with Crippen molar-refractivity contribution in [3.05, 3.63) is 35.4 Å². The largest absolute Gasteiger partial charge is 0.376 e. The van der Waals surface area contributed by atoms with Gasteiger partial charge in [-0.05, 0) is 51.3 Å². The number of amides is 3. The molecule has 0 spiro atoms. The molecule has 6 heteroatoms. The Kier molecular flexibility index (Phi) is 6.42. The van der Waals surface area contributed by atoms with Gasteiger partial charge in [0.25, 0.3) is 5.91 Å². The minimum Gasteiger partial charge on any atom is -0.376 e. The van der Waals surface area contributed by atoms with Crippen molar-refractivity contribution < 1.29 is 14.3 Å². The van der Waals surface area contributed by atoms with E-state index in [0.717, 1.165) is 18.4 Å². The fourth-order valence-electron chi connectivity index (χ4n) is 2.72. The second kappa shape index (κ2) is 8.34. The fraction of sp³-hybridized carbons (Fsp3) is 0.579. The summed E-state index contributed by atoms with van der Waals surface area (Å²) in [6.07, 6.45) is 1.67. The molecule has 0 unspecified atom stereocenters. The lowest BCUT2D eigenvalue weighted by Crippen LogP contribution is -2.53. The Bertz CT molecular complexity index is 620. The summed E-state index contributed by atoms with van der Waals surface area (Å²) >= 11 is 0. The summed E-state index contributed by atoms with van der Waals surface area (Å²) in [4.78, 5) is 24.4. The Morgan fingerprint density at radius 3 is 2.80 bits per heavy atom. The Hall–Kier alpha value is -2.08. The highest BCUT2D eigenvalue weighted by atomic mass is 16.5. The number of hydrogen-bond acceptors (Lipinski definition) is 3. The van der Waals surface area contributed by atoms with Gasteiger partial charge in [-0.25, -0.2) is 4.79 Å². The number of nitrogens with one attached hydrogen (secondary N) is 3. The van der Waals surface area contributed by atoms with E-state index < -0.39 is 0 Å². The van der Waals surface area contributed by atoms with Crippen LogP contribution in [0.5, 0.6) is 0 Å². The number of hydrogen-bond donors (Lipinski definition) is 3. The van der Waals surface area contributed by atoms with Gasteiger partial charge in [0.1, 0.15) is 0 Å². The average molecular weight is 347 g/mol. The highest BCUT2D eigenvalue weighted by molar-refractivity contribution is 5.94. The van der Waals surface area contributed by atoms with Crippen LogP contribution in [0, 0.1) is 0 Å². The van der Waals surface area contributed by atoms with Crippen molar-refractivity contribution >= 4 is 11.9 Å². The van der Waals surface area contributed by atoms with Crippen LogP contribution in [0.3, 0.4) is 0 Å². The van der Waals surface area contributed by atoms with Crippen molar-refractivity contribution in [1.82, 2.24) is 16.0 Å². The van der Waals surface area contributed by atoms with Gasteiger partial charge in [0.2, 0.25) is 0 Å². The Labute approximate surface area is 149 Å². The molecule has 1 aromatic rings. The van der Waals surface area contributed by atoms with Crippen molar-refractivity contribution in [2.45, 2.75) is 64.8 Å². The van der Waals surface area contributed by atoms with Gasteiger partial charge in [0.05, 0.1) is 11.6 Å². The molecule has 3 atom stereocenters. The second-order valence-corrected chi connectivity index (χ2v) is 6.97. The first-order chi connectivity index (χ1) is 11.8. The van der Waals surface area contributed by atoms with E-state index in [2.05, 4.69) is 16.0 Å². The fourth-order valence-corrected chi connectivity index (χ4v) is 2.72. The smallest absolute Gasteiger partial charge is 0.315 e. The van der Waals surface area contributed by atoms with Crippen molar-refractivity contribution in [2.75, 3.05) is 6.61 Å². The maximum atomic E-state index is 12.2.